The van der Waals surface area contributed by atoms with Gasteiger partial charge in [-0.3, -0.25) is 0 Å². The molecule has 0 heterocycles. The highest BCUT2D eigenvalue weighted by atomic mass is 16.5. The zero-order valence-electron chi connectivity index (χ0n) is 12.7. The lowest BCUT2D eigenvalue weighted by molar-refractivity contribution is 0.148. The summed E-state index contributed by atoms with van der Waals surface area (Å²) >= 11 is 0. The third-order valence-corrected chi connectivity index (χ3v) is 2.91. The summed E-state index contributed by atoms with van der Waals surface area (Å²) in [5.74, 6) is 0.854. The molecule has 0 aliphatic heterocycles. The van der Waals surface area contributed by atoms with Gasteiger partial charge in [0.1, 0.15) is 5.75 Å². The Bertz CT molecular complexity index is 404. The molecule has 0 aliphatic carbocycles. The molecular formula is C15H24N2O3. The number of benzene rings is 1. The molecule has 0 fully saturated rings. The molecule has 112 valence electrons. The number of carbonyl (C=O) groups is 1. The smallest absolute Gasteiger partial charge is 0.407 e. The Morgan fingerprint density at radius 3 is 2.35 bits per heavy atom. The second kappa shape index (κ2) is 8.43. The summed E-state index contributed by atoms with van der Waals surface area (Å²) in [6.45, 7) is 5.28. The molecule has 0 aliphatic rings. The first-order valence-corrected chi connectivity index (χ1v) is 6.88. The number of likely N-dealkylation sites (N-methyl/N-ethyl adjacent to an activating group) is 1. The quantitative estimate of drug-likeness (QED) is 0.833. The molecule has 0 spiro atoms. The van der Waals surface area contributed by atoms with Gasteiger partial charge in [0.15, 0.2) is 0 Å². The van der Waals surface area contributed by atoms with Crippen molar-refractivity contribution in [3.8, 4) is 5.75 Å². The number of alkyl carbamates (subject to hydrolysis) is 1. The first kappa shape index (κ1) is 16.3. The molecular weight excluding hydrogens is 256 g/mol. The minimum atomic E-state index is -0.384. The van der Waals surface area contributed by atoms with E-state index in [0.29, 0.717) is 19.8 Å². The number of amides is 1. The monoisotopic (exact) mass is 280 g/mol. The maximum Gasteiger partial charge on any atom is 0.407 e. The minimum absolute atomic E-state index is 0.0927. The number of rotatable bonds is 7. The average molecular weight is 280 g/mol. The number of nitrogens with one attached hydrogen (secondary N) is 1. The molecule has 1 atom stereocenters. The van der Waals surface area contributed by atoms with E-state index in [0.717, 1.165) is 11.3 Å². The fourth-order valence-electron chi connectivity index (χ4n) is 1.91. The van der Waals surface area contributed by atoms with E-state index in [-0.39, 0.29) is 12.1 Å². The summed E-state index contributed by atoms with van der Waals surface area (Å²) in [7, 11) is 3.96. The van der Waals surface area contributed by atoms with Gasteiger partial charge in [-0.2, -0.15) is 0 Å². The van der Waals surface area contributed by atoms with Crippen LogP contribution in [0.5, 0.6) is 5.75 Å². The van der Waals surface area contributed by atoms with Crippen LogP contribution in [0.15, 0.2) is 24.3 Å². The molecule has 1 unspecified atom stereocenters. The van der Waals surface area contributed by atoms with Crippen LogP contribution in [0.4, 0.5) is 4.79 Å². The maximum absolute atomic E-state index is 11.4. The average Bonchev–Trinajstić information content (AvgIpc) is 2.41. The number of hydrogen-bond donors (Lipinski definition) is 1. The zero-order chi connectivity index (χ0) is 15.0. The predicted molar refractivity (Wildman–Crippen MR) is 79.1 cm³/mol. The molecule has 0 saturated heterocycles. The van der Waals surface area contributed by atoms with E-state index in [1.807, 2.05) is 45.3 Å². The Morgan fingerprint density at radius 1 is 1.20 bits per heavy atom. The first-order chi connectivity index (χ1) is 9.58. The van der Waals surface area contributed by atoms with Crippen LogP contribution in [-0.2, 0) is 4.74 Å². The van der Waals surface area contributed by atoms with Crippen LogP contribution in [0.3, 0.4) is 0 Å². The molecule has 1 aromatic rings. The molecule has 1 rings (SSSR count). The lowest BCUT2D eigenvalue weighted by Crippen LogP contribution is -2.34. The van der Waals surface area contributed by atoms with Gasteiger partial charge in [0, 0.05) is 6.54 Å². The normalized spacial score (nSPS) is 12.1. The van der Waals surface area contributed by atoms with E-state index in [4.69, 9.17) is 9.47 Å². The highest BCUT2D eigenvalue weighted by molar-refractivity contribution is 5.67. The van der Waals surface area contributed by atoms with Crippen LogP contribution >= 0.6 is 0 Å². The van der Waals surface area contributed by atoms with E-state index in [1.165, 1.54) is 0 Å². The zero-order valence-corrected chi connectivity index (χ0v) is 12.7. The molecule has 20 heavy (non-hydrogen) atoms. The number of nitrogens with zero attached hydrogens (tertiary/aromatic N) is 1. The fourth-order valence-corrected chi connectivity index (χ4v) is 1.91. The van der Waals surface area contributed by atoms with Crippen LogP contribution in [0, 0.1) is 0 Å². The van der Waals surface area contributed by atoms with Crippen molar-refractivity contribution in [2.75, 3.05) is 33.9 Å². The molecule has 0 radical (unpaired) electrons. The van der Waals surface area contributed by atoms with Gasteiger partial charge in [0.05, 0.1) is 19.3 Å². The van der Waals surface area contributed by atoms with Gasteiger partial charge in [-0.05, 0) is 45.6 Å². The van der Waals surface area contributed by atoms with Crippen LogP contribution < -0.4 is 10.1 Å². The van der Waals surface area contributed by atoms with Crippen molar-refractivity contribution < 1.29 is 14.3 Å². The SMILES string of the molecule is CCOC(=O)NCC(c1ccc(OCC)cc1)N(C)C. The Labute approximate surface area is 120 Å². The Hall–Kier alpha value is -1.75. The molecule has 5 heteroatoms. The molecule has 1 N–H and O–H groups in total. The first-order valence-electron chi connectivity index (χ1n) is 6.88. The Balaban J connectivity index is 2.67. The summed E-state index contributed by atoms with van der Waals surface area (Å²) in [5, 5.41) is 2.77. The Morgan fingerprint density at radius 2 is 1.85 bits per heavy atom. The van der Waals surface area contributed by atoms with E-state index in [1.54, 1.807) is 6.92 Å². The second-order valence-corrected chi connectivity index (χ2v) is 4.58. The molecule has 5 nitrogen and oxygen atoms in total. The van der Waals surface area contributed by atoms with Crippen molar-refractivity contribution in [2.45, 2.75) is 19.9 Å². The van der Waals surface area contributed by atoms with Gasteiger partial charge in [0.25, 0.3) is 0 Å². The minimum Gasteiger partial charge on any atom is -0.494 e. The van der Waals surface area contributed by atoms with Crippen molar-refractivity contribution in [1.82, 2.24) is 10.2 Å². The standard InChI is InChI=1S/C15H24N2O3/c1-5-19-13-9-7-12(8-10-13)14(17(3)4)11-16-15(18)20-6-2/h7-10,14H,5-6,11H2,1-4H3,(H,16,18). The number of hydrogen-bond acceptors (Lipinski definition) is 4. The Kier molecular flexibility index (Phi) is 6.87. The van der Waals surface area contributed by atoms with Crippen LogP contribution in [0.25, 0.3) is 0 Å². The van der Waals surface area contributed by atoms with E-state index < -0.39 is 0 Å². The lowest BCUT2D eigenvalue weighted by Gasteiger charge is -2.25. The van der Waals surface area contributed by atoms with E-state index in [9.17, 15) is 4.79 Å². The fraction of sp³-hybridized carbons (Fsp3) is 0.533. The largest absolute Gasteiger partial charge is 0.494 e. The summed E-state index contributed by atoms with van der Waals surface area (Å²) in [6.07, 6.45) is -0.384. The third kappa shape index (κ3) is 5.09. The lowest BCUT2D eigenvalue weighted by atomic mass is 10.1. The molecule has 1 amide bonds. The van der Waals surface area contributed by atoms with E-state index >= 15 is 0 Å². The van der Waals surface area contributed by atoms with Gasteiger partial charge in [-0.15, -0.1) is 0 Å². The predicted octanol–water partition coefficient (Wildman–Crippen LogP) is 2.43. The van der Waals surface area contributed by atoms with Gasteiger partial charge in [0.2, 0.25) is 0 Å². The van der Waals surface area contributed by atoms with Crippen molar-refractivity contribution in [3.63, 3.8) is 0 Å². The number of carbonyl (C=O) groups excluding carboxylic acids is 1. The summed E-state index contributed by atoms with van der Waals surface area (Å²) in [6, 6.07) is 8.01. The maximum atomic E-state index is 11.4. The van der Waals surface area contributed by atoms with E-state index in [2.05, 4.69) is 10.2 Å². The summed E-state index contributed by atoms with van der Waals surface area (Å²) in [5.41, 5.74) is 1.12. The van der Waals surface area contributed by atoms with Crippen molar-refractivity contribution in [3.05, 3.63) is 29.8 Å². The van der Waals surface area contributed by atoms with Crippen molar-refractivity contribution in [2.24, 2.45) is 0 Å². The van der Waals surface area contributed by atoms with Crippen molar-refractivity contribution in [1.29, 1.82) is 0 Å². The third-order valence-electron chi connectivity index (χ3n) is 2.91. The van der Waals surface area contributed by atoms with Crippen LogP contribution in [-0.4, -0.2) is 44.8 Å². The molecule has 0 aromatic heterocycles. The van der Waals surface area contributed by atoms with Crippen LogP contribution in [0.2, 0.25) is 0 Å². The van der Waals surface area contributed by atoms with Gasteiger partial charge in [-0.1, -0.05) is 12.1 Å². The van der Waals surface area contributed by atoms with Gasteiger partial charge >= 0.3 is 6.09 Å². The molecule has 0 bridgehead atoms. The van der Waals surface area contributed by atoms with Crippen LogP contribution in [0.1, 0.15) is 25.5 Å². The molecule has 1 aromatic carbocycles. The molecule has 0 saturated carbocycles. The van der Waals surface area contributed by atoms with Crippen molar-refractivity contribution >= 4 is 6.09 Å². The second-order valence-electron chi connectivity index (χ2n) is 4.58. The highest BCUT2D eigenvalue weighted by Crippen LogP contribution is 2.20. The van der Waals surface area contributed by atoms with Gasteiger partial charge < -0.3 is 19.7 Å². The summed E-state index contributed by atoms with van der Waals surface area (Å²) in [4.78, 5) is 13.4. The van der Waals surface area contributed by atoms with Gasteiger partial charge in [-0.25, -0.2) is 4.79 Å². The number of ether oxygens (including phenoxy) is 2. The summed E-state index contributed by atoms with van der Waals surface area (Å²) < 4.78 is 10.3. The highest BCUT2D eigenvalue weighted by Gasteiger charge is 2.15. The topological polar surface area (TPSA) is 50.8 Å².